The summed E-state index contributed by atoms with van der Waals surface area (Å²) in [4.78, 5) is 71.9. The molecule has 1 aliphatic heterocycles. The van der Waals surface area contributed by atoms with Crippen molar-refractivity contribution < 1.29 is 52.0 Å². The summed E-state index contributed by atoms with van der Waals surface area (Å²) in [5.74, 6) is -2.45. The molecule has 62 heavy (non-hydrogen) atoms. The molecular formula is C48H83N2O11P. The molecule has 1 aliphatic rings. The number of hydrogen-bond acceptors (Lipinski definition) is 10. The third kappa shape index (κ3) is 34.4. The van der Waals surface area contributed by atoms with Crippen LogP contribution in [0.3, 0.4) is 0 Å². The number of phosphoric ester groups is 1. The summed E-state index contributed by atoms with van der Waals surface area (Å²) >= 11 is 0. The van der Waals surface area contributed by atoms with Crippen molar-refractivity contribution in [1.82, 2.24) is 10.2 Å². The third-order valence-electron chi connectivity index (χ3n) is 10.6. The Labute approximate surface area is 374 Å². The van der Waals surface area contributed by atoms with E-state index in [4.69, 9.17) is 18.5 Å². The lowest BCUT2D eigenvalue weighted by Crippen LogP contribution is -2.35. The van der Waals surface area contributed by atoms with Gasteiger partial charge in [0.05, 0.1) is 13.2 Å². The minimum absolute atomic E-state index is 0.0988. The van der Waals surface area contributed by atoms with Gasteiger partial charge < -0.3 is 19.7 Å². The van der Waals surface area contributed by atoms with E-state index in [1.54, 1.807) is 0 Å². The Morgan fingerprint density at radius 2 is 1.05 bits per heavy atom. The second kappa shape index (κ2) is 39.5. The number of esters is 2. The molecule has 1 unspecified atom stereocenters. The first-order chi connectivity index (χ1) is 30.1. The van der Waals surface area contributed by atoms with Crippen molar-refractivity contribution in [3.63, 3.8) is 0 Å². The number of amides is 3. The van der Waals surface area contributed by atoms with Crippen LogP contribution in [0.2, 0.25) is 0 Å². The maximum Gasteiger partial charge on any atom is 0.472 e. The molecule has 0 aromatic rings. The molecule has 0 saturated carbocycles. The molecule has 0 aliphatic carbocycles. The lowest BCUT2D eigenvalue weighted by atomic mass is 10.1. The van der Waals surface area contributed by atoms with Crippen LogP contribution in [0.5, 0.6) is 0 Å². The van der Waals surface area contributed by atoms with Gasteiger partial charge in [-0.25, -0.2) is 4.57 Å². The minimum atomic E-state index is -4.64. The van der Waals surface area contributed by atoms with Gasteiger partial charge in [-0.1, -0.05) is 141 Å². The Bertz CT molecular complexity index is 1330. The molecule has 3 amide bonds. The average molecular weight is 895 g/mol. The molecule has 0 aromatic carbocycles. The van der Waals surface area contributed by atoms with Crippen LogP contribution in [-0.4, -0.2) is 78.5 Å². The van der Waals surface area contributed by atoms with Crippen molar-refractivity contribution in [3.8, 4) is 0 Å². The fourth-order valence-corrected chi connectivity index (χ4v) is 7.57. The fourth-order valence-electron chi connectivity index (χ4n) is 6.82. The summed E-state index contributed by atoms with van der Waals surface area (Å²) in [6, 6.07) is 0. The van der Waals surface area contributed by atoms with Crippen LogP contribution in [0, 0.1) is 0 Å². The average Bonchev–Trinajstić information content (AvgIpc) is 3.57. The van der Waals surface area contributed by atoms with Crippen LogP contribution < -0.4 is 5.32 Å². The van der Waals surface area contributed by atoms with Crippen molar-refractivity contribution in [1.29, 1.82) is 0 Å². The van der Waals surface area contributed by atoms with Crippen molar-refractivity contribution >= 4 is 37.5 Å². The Kier molecular flexibility index (Phi) is 36.2. The van der Waals surface area contributed by atoms with Crippen molar-refractivity contribution in [3.05, 3.63) is 36.5 Å². The van der Waals surface area contributed by atoms with Crippen molar-refractivity contribution in [2.75, 3.05) is 32.9 Å². The Balaban J connectivity index is 2.40. The van der Waals surface area contributed by atoms with Crippen LogP contribution in [0.4, 0.5) is 0 Å². The Hall–Kier alpha value is -3.12. The first kappa shape index (κ1) is 56.9. The largest absolute Gasteiger partial charge is 0.472 e. The second-order valence-electron chi connectivity index (χ2n) is 16.3. The Morgan fingerprint density at radius 1 is 0.613 bits per heavy atom. The van der Waals surface area contributed by atoms with Gasteiger partial charge in [0, 0.05) is 44.5 Å². The highest BCUT2D eigenvalue weighted by Crippen LogP contribution is 2.43. The third-order valence-corrected chi connectivity index (χ3v) is 11.6. The van der Waals surface area contributed by atoms with Crippen LogP contribution in [0.1, 0.15) is 200 Å². The summed E-state index contributed by atoms with van der Waals surface area (Å²) in [7, 11) is -4.64. The standard InChI is InChI=1S/C48H83N2O11P/c1-3-5-7-9-11-13-15-17-19-21-23-25-27-29-31-33-47(54)58-41-43(61-48(55)34-32-30-28-26-24-22-20-18-16-14-12-10-8-6-4-2)42-60-62(56,57)59-40-38-49-44(51)37-39-50-45(52)35-36-46(50)53/h17-20,35-36,43H,3-16,21-34,37-42H2,1-2H3,(H,49,51)(H,56,57)/t43-/m1/s1. The highest BCUT2D eigenvalue weighted by molar-refractivity contribution is 7.47. The van der Waals surface area contributed by atoms with E-state index >= 15 is 0 Å². The van der Waals surface area contributed by atoms with E-state index in [2.05, 4.69) is 43.5 Å². The van der Waals surface area contributed by atoms with Gasteiger partial charge in [0.15, 0.2) is 6.10 Å². The van der Waals surface area contributed by atoms with Gasteiger partial charge in [-0.05, 0) is 64.2 Å². The molecule has 1 rings (SSSR count). The molecule has 1 heterocycles. The number of rotatable bonds is 43. The van der Waals surface area contributed by atoms with E-state index in [-0.39, 0.29) is 45.6 Å². The van der Waals surface area contributed by atoms with Gasteiger partial charge in [0.25, 0.3) is 11.8 Å². The topological polar surface area (TPSA) is 175 Å². The maximum atomic E-state index is 12.8. The summed E-state index contributed by atoms with van der Waals surface area (Å²) in [6.07, 6.45) is 40.1. The minimum Gasteiger partial charge on any atom is -0.462 e. The molecule has 0 radical (unpaired) electrons. The number of ether oxygens (including phenoxy) is 2. The van der Waals surface area contributed by atoms with Crippen LogP contribution in [0.15, 0.2) is 36.5 Å². The molecule has 13 nitrogen and oxygen atoms in total. The zero-order valence-electron chi connectivity index (χ0n) is 38.5. The van der Waals surface area contributed by atoms with Gasteiger partial charge >= 0.3 is 19.8 Å². The number of hydrogen-bond donors (Lipinski definition) is 2. The summed E-state index contributed by atoms with van der Waals surface area (Å²) in [6.45, 7) is 2.96. The van der Waals surface area contributed by atoms with E-state index in [1.165, 1.54) is 77.0 Å². The van der Waals surface area contributed by atoms with Gasteiger partial charge in [0.1, 0.15) is 6.61 Å². The summed E-state index contributed by atoms with van der Waals surface area (Å²) in [5, 5.41) is 2.48. The number of unbranched alkanes of at least 4 members (excludes halogenated alkanes) is 22. The lowest BCUT2D eigenvalue weighted by molar-refractivity contribution is -0.161. The van der Waals surface area contributed by atoms with Crippen molar-refractivity contribution in [2.24, 2.45) is 0 Å². The monoisotopic (exact) mass is 895 g/mol. The first-order valence-electron chi connectivity index (χ1n) is 24.1. The van der Waals surface area contributed by atoms with E-state index in [0.717, 1.165) is 94.1 Å². The molecule has 2 N–H and O–H groups in total. The molecule has 14 heteroatoms. The summed E-state index contributed by atoms with van der Waals surface area (Å²) in [5.41, 5.74) is 0. The number of nitrogens with zero attached hydrogens (tertiary/aromatic N) is 1. The molecule has 0 saturated heterocycles. The number of carbonyl (C=O) groups is 5. The highest BCUT2D eigenvalue weighted by atomic mass is 31.2. The summed E-state index contributed by atoms with van der Waals surface area (Å²) < 4.78 is 33.6. The highest BCUT2D eigenvalue weighted by Gasteiger charge is 2.27. The molecule has 2 atom stereocenters. The first-order valence-corrected chi connectivity index (χ1v) is 25.6. The van der Waals surface area contributed by atoms with Gasteiger partial charge in [-0.3, -0.25) is 37.9 Å². The number of imide groups is 1. The molecule has 0 spiro atoms. The molecule has 0 fully saturated rings. The number of nitrogens with one attached hydrogen (secondary N) is 1. The van der Waals surface area contributed by atoms with E-state index in [9.17, 15) is 33.4 Å². The van der Waals surface area contributed by atoms with E-state index in [0.29, 0.717) is 12.8 Å². The second-order valence-corrected chi connectivity index (χ2v) is 17.8. The van der Waals surface area contributed by atoms with E-state index < -0.39 is 50.2 Å². The zero-order valence-corrected chi connectivity index (χ0v) is 39.4. The van der Waals surface area contributed by atoms with Gasteiger partial charge in [0.2, 0.25) is 5.91 Å². The maximum absolute atomic E-state index is 12.8. The molecule has 0 aromatic heterocycles. The quantitative estimate of drug-likeness (QED) is 0.0196. The number of carbonyl (C=O) groups excluding carboxylic acids is 5. The molecular weight excluding hydrogens is 812 g/mol. The SMILES string of the molecule is CCCCCCCCC=CCCCCCCCC(=O)OC[C@H](COP(=O)(O)OCCNC(=O)CCN1C(=O)C=CC1=O)OC(=O)CCCCCCCC=CCCCCCCCC. The lowest BCUT2D eigenvalue weighted by Gasteiger charge is -2.20. The fraction of sp³-hybridized carbons (Fsp3) is 0.771. The van der Waals surface area contributed by atoms with Crippen LogP contribution in [0.25, 0.3) is 0 Å². The van der Waals surface area contributed by atoms with Crippen LogP contribution >= 0.6 is 7.82 Å². The van der Waals surface area contributed by atoms with Gasteiger partial charge in [-0.15, -0.1) is 0 Å². The number of allylic oxidation sites excluding steroid dienone is 4. The van der Waals surface area contributed by atoms with Crippen LogP contribution in [-0.2, 0) is 47.1 Å². The zero-order chi connectivity index (χ0) is 45.4. The predicted octanol–water partition coefficient (Wildman–Crippen LogP) is 11.1. The molecule has 356 valence electrons. The van der Waals surface area contributed by atoms with Crippen molar-refractivity contribution in [2.45, 2.75) is 206 Å². The number of phosphoric acid groups is 1. The molecule has 0 bridgehead atoms. The van der Waals surface area contributed by atoms with E-state index in [1.807, 2.05) is 0 Å². The van der Waals surface area contributed by atoms with Gasteiger partial charge in [-0.2, -0.15) is 0 Å². The Morgan fingerprint density at radius 3 is 1.53 bits per heavy atom. The smallest absolute Gasteiger partial charge is 0.462 e. The predicted molar refractivity (Wildman–Crippen MR) is 245 cm³/mol. The normalized spacial score (nSPS) is 14.3.